The average Bonchev–Trinajstić information content (AvgIpc) is 2.68. The lowest BCUT2D eigenvalue weighted by molar-refractivity contribution is -0.385. The van der Waals surface area contributed by atoms with Gasteiger partial charge in [-0.2, -0.15) is 8.78 Å². The van der Waals surface area contributed by atoms with E-state index >= 15 is 0 Å². The molecule has 0 radical (unpaired) electrons. The first kappa shape index (κ1) is 22.6. The molecule has 14 heteroatoms. The molecule has 0 saturated carbocycles. The van der Waals surface area contributed by atoms with Gasteiger partial charge < -0.3 is 10.1 Å². The SMILES string of the molecule is COC(=O)c1cc([N+](=O)[O-])cn(CC(=O)Nc2ccc(S(=O)(=O)C(F)F)cc2)c1=O. The summed E-state index contributed by atoms with van der Waals surface area (Å²) in [5.74, 6) is -5.60. The van der Waals surface area contributed by atoms with Gasteiger partial charge in [-0.1, -0.05) is 0 Å². The summed E-state index contributed by atoms with van der Waals surface area (Å²) in [6.45, 7) is -0.735. The molecule has 0 fully saturated rings. The standard InChI is InChI=1S/C16H13F2N3O8S/c1-29-15(24)12-6-10(21(25)26)7-20(14(12)23)8-13(22)19-9-2-4-11(5-3-9)30(27,28)16(17)18/h2-7,16H,8H2,1H3,(H,19,22). The summed E-state index contributed by atoms with van der Waals surface area (Å²) in [4.78, 5) is 45.5. The fourth-order valence-corrected chi connectivity index (χ4v) is 3.00. The Morgan fingerprint density at radius 3 is 2.37 bits per heavy atom. The minimum atomic E-state index is -4.80. The number of carbonyl (C=O) groups excluding carboxylic acids is 2. The second-order valence-corrected chi connectivity index (χ2v) is 7.59. The molecule has 0 spiro atoms. The van der Waals surface area contributed by atoms with E-state index in [4.69, 9.17) is 0 Å². The summed E-state index contributed by atoms with van der Waals surface area (Å²) in [6, 6.07) is 4.51. The van der Waals surface area contributed by atoms with Crippen molar-refractivity contribution in [2.45, 2.75) is 17.2 Å². The second kappa shape index (κ2) is 8.77. The molecule has 1 N–H and O–H groups in total. The molecule has 2 rings (SSSR count). The van der Waals surface area contributed by atoms with Crippen molar-refractivity contribution in [3.8, 4) is 0 Å². The van der Waals surface area contributed by atoms with Gasteiger partial charge in [0.2, 0.25) is 15.7 Å². The summed E-state index contributed by atoms with van der Waals surface area (Å²) < 4.78 is 52.8. The van der Waals surface area contributed by atoms with Crippen LogP contribution in [0.5, 0.6) is 0 Å². The Balaban J connectivity index is 2.26. The van der Waals surface area contributed by atoms with E-state index in [9.17, 15) is 41.7 Å². The molecule has 160 valence electrons. The van der Waals surface area contributed by atoms with E-state index in [1.165, 1.54) is 0 Å². The number of nitro groups is 1. The number of hydrogen-bond acceptors (Lipinski definition) is 8. The minimum absolute atomic E-state index is 0.0138. The van der Waals surface area contributed by atoms with Gasteiger partial charge in [0.05, 0.1) is 23.1 Å². The number of rotatable bonds is 7. The highest BCUT2D eigenvalue weighted by atomic mass is 32.2. The molecule has 0 aliphatic heterocycles. The van der Waals surface area contributed by atoms with Crippen molar-refractivity contribution in [2.75, 3.05) is 12.4 Å². The Morgan fingerprint density at radius 1 is 1.27 bits per heavy atom. The van der Waals surface area contributed by atoms with Crippen LogP contribution in [0.3, 0.4) is 0 Å². The van der Waals surface area contributed by atoms with Gasteiger partial charge in [0.1, 0.15) is 12.1 Å². The molecule has 11 nitrogen and oxygen atoms in total. The molecule has 0 atom stereocenters. The van der Waals surface area contributed by atoms with E-state index in [0.29, 0.717) is 10.6 Å². The van der Waals surface area contributed by atoms with Gasteiger partial charge in [0.15, 0.2) is 0 Å². The smallest absolute Gasteiger partial charge is 0.343 e. The summed E-state index contributed by atoms with van der Waals surface area (Å²) in [6.07, 6.45) is 0.757. The molecule has 1 aromatic carbocycles. The highest BCUT2D eigenvalue weighted by molar-refractivity contribution is 7.91. The number of nitrogens with one attached hydrogen (secondary N) is 1. The van der Waals surface area contributed by atoms with Crippen molar-refractivity contribution in [3.05, 3.63) is 62.6 Å². The molecule has 0 bridgehead atoms. The summed E-state index contributed by atoms with van der Waals surface area (Å²) in [7, 11) is -3.84. The largest absolute Gasteiger partial charge is 0.465 e. The quantitative estimate of drug-likeness (QED) is 0.378. The Kier molecular flexibility index (Phi) is 6.61. The van der Waals surface area contributed by atoms with Crippen LogP contribution >= 0.6 is 0 Å². The number of pyridine rings is 1. The third kappa shape index (κ3) is 4.83. The van der Waals surface area contributed by atoms with Crippen molar-refractivity contribution < 1.29 is 36.4 Å². The van der Waals surface area contributed by atoms with E-state index in [0.717, 1.165) is 37.6 Å². The van der Waals surface area contributed by atoms with Crippen LogP contribution in [0, 0.1) is 10.1 Å². The summed E-state index contributed by atoms with van der Waals surface area (Å²) >= 11 is 0. The molecule has 0 unspecified atom stereocenters. The van der Waals surface area contributed by atoms with Crippen LogP contribution in [-0.2, 0) is 25.9 Å². The topological polar surface area (TPSA) is 155 Å². The lowest BCUT2D eigenvalue weighted by Crippen LogP contribution is -2.31. The number of amides is 1. The molecule has 1 heterocycles. The molecular formula is C16H13F2N3O8S. The van der Waals surface area contributed by atoms with Gasteiger partial charge in [0, 0.05) is 11.8 Å². The molecule has 0 aliphatic carbocycles. The van der Waals surface area contributed by atoms with Gasteiger partial charge in [-0.25, -0.2) is 13.2 Å². The number of ether oxygens (including phenoxy) is 1. The molecule has 0 aliphatic rings. The number of hydrogen-bond donors (Lipinski definition) is 1. The number of methoxy groups -OCH3 is 1. The Morgan fingerprint density at radius 2 is 1.87 bits per heavy atom. The number of halogens is 2. The van der Waals surface area contributed by atoms with E-state index in [-0.39, 0.29) is 5.69 Å². The molecule has 0 saturated heterocycles. The van der Waals surface area contributed by atoms with Crippen LogP contribution in [0.2, 0.25) is 0 Å². The van der Waals surface area contributed by atoms with Crippen LogP contribution in [0.1, 0.15) is 10.4 Å². The van der Waals surface area contributed by atoms with Crippen molar-refractivity contribution in [1.82, 2.24) is 4.57 Å². The highest BCUT2D eigenvalue weighted by Gasteiger charge is 2.26. The van der Waals surface area contributed by atoms with Crippen molar-refractivity contribution in [3.63, 3.8) is 0 Å². The van der Waals surface area contributed by atoms with Crippen LogP contribution in [0.4, 0.5) is 20.2 Å². The lowest BCUT2D eigenvalue weighted by atomic mass is 10.2. The Labute approximate surface area is 167 Å². The van der Waals surface area contributed by atoms with Gasteiger partial charge in [-0.3, -0.25) is 24.3 Å². The van der Waals surface area contributed by atoms with Gasteiger partial charge in [-0.15, -0.1) is 0 Å². The number of aromatic nitrogens is 1. The van der Waals surface area contributed by atoms with Gasteiger partial charge in [0.25, 0.3) is 11.2 Å². The predicted molar refractivity (Wildman–Crippen MR) is 97.0 cm³/mol. The normalized spacial score (nSPS) is 11.2. The number of alkyl halides is 2. The van der Waals surface area contributed by atoms with Crippen molar-refractivity contribution in [2.24, 2.45) is 0 Å². The first-order valence-electron chi connectivity index (χ1n) is 7.86. The van der Waals surface area contributed by atoms with E-state index < -0.39 is 60.6 Å². The molecular weight excluding hydrogens is 432 g/mol. The van der Waals surface area contributed by atoms with E-state index in [1.807, 2.05) is 0 Å². The monoisotopic (exact) mass is 445 g/mol. The maximum atomic E-state index is 12.5. The first-order valence-corrected chi connectivity index (χ1v) is 9.41. The van der Waals surface area contributed by atoms with Crippen LogP contribution in [0.25, 0.3) is 0 Å². The van der Waals surface area contributed by atoms with Crippen LogP contribution in [0.15, 0.2) is 46.2 Å². The predicted octanol–water partition coefficient (Wildman–Crippen LogP) is 1.18. The number of esters is 1. The Hall–Kier alpha value is -3.68. The first-order chi connectivity index (χ1) is 14.0. The fourth-order valence-electron chi connectivity index (χ4n) is 2.28. The zero-order valence-electron chi connectivity index (χ0n) is 15.1. The number of carbonyl (C=O) groups is 2. The third-order valence-corrected chi connectivity index (χ3v) is 5.10. The fraction of sp³-hybridized carbons (Fsp3) is 0.188. The number of nitrogens with zero attached hydrogens (tertiary/aromatic N) is 2. The third-order valence-electron chi connectivity index (χ3n) is 3.70. The summed E-state index contributed by atoms with van der Waals surface area (Å²) in [5.41, 5.74) is -2.29. The molecule has 1 amide bonds. The van der Waals surface area contributed by atoms with Gasteiger partial charge >= 0.3 is 11.7 Å². The highest BCUT2D eigenvalue weighted by Crippen LogP contribution is 2.20. The maximum Gasteiger partial charge on any atom is 0.343 e. The second-order valence-electron chi connectivity index (χ2n) is 5.67. The molecule has 2 aromatic rings. The lowest BCUT2D eigenvalue weighted by Gasteiger charge is -2.09. The van der Waals surface area contributed by atoms with Crippen LogP contribution < -0.4 is 10.9 Å². The molecule has 1 aromatic heterocycles. The van der Waals surface area contributed by atoms with Gasteiger partial charge in [-0.05, 0) is 24.3 Å². The van der Waals surface area contributed by atoms with Crippen molar-refractivity contribution in [1.29, 1.82) is 0 Å². The zero-order chi connectivity index (χ0) is 22.6. The molecule has 30 heavy (non-hydrogen) atoms. The average molecular weight is 445 g/mol. The zero-order valence-corrected chi connectivity index (χ0v) is 15.9. The van der Waals surface area contributed by atoms with E-state index in [2.05, 4.69) is 10.1 Å². The Bertz CT molecular complexity index is 1160. The number of sulfone groups is 1. The van der Waals surface area contributed by atoms with Crippen molar-refractivity contribution >= 4 is 33.1 Å². The number of anilines is 1. The van der Waals surface area contributed by atoms with E-state index in [1.54, 1.807) is 0 Å². The minimum Gasteiger partial charge on any atom is -0.465 e. The van der Waals surface area contributed by atoms with Crippen LogP contribution in [-0.4, -0.2) is 42.7 Å². The number of benzene rings is 1. The maximum absolute atomic E-state index is 12.5. The summed E-state index contributed by atoms with van der Waals surface area (Å²) in [5, 5.41) is 13.3.